The van der Waals surface area contributed by atoms with Gasteiger partial charge in [-0.15, -0.1) is 11.3 Å². The topological polar surface area (TPSA) is 64.4 Å². The number of amides is 1. The predicted molar refractivity (Wildman–Crippen MR) is 131 cm³/mol. The van der Waals surface area contributed by atoms with Gasteiger partial charge in [0, 0.05) is 36.1 Å². The van der Waals surface area contributed by atoms with Crippen LogP contribution in [0.4, 0.5) is 0 Å². The zero-order valence-corrected chi connectivity index (χ0v) is 20.6. The van der Waals surface area contributed by atoms with Gasteiger partial charge >= 0.3 is 0 Å². The average molecular weight is 492 g/mol. The molecule has 3 heterocycles. The molecular formula is C23H26ClN3O3S2. The molecule has 0 spiro atoms. The van der Waals surface area contributed by atoms with Crippen molar-refractivity contribution in [2.75, 3.05) is 18.9 Å². The summed E-state index contributed by atoms with van der Waals surface area (Å²) in [6.45, 7) is 6.39. The summed E-state index contributed by atoms with van der Waals surface area (Å²) in [4.78, 5) is 34.0. The second-order valence-electron chi connectivity index (χ2n) is 8.01. The zero-order valence-electron chi connectivity index (χ0n) is 18.2. The van der Waals surface area contributed by atoms with E-state index in [1.807, 2.05) is 18.7 Å². The predicted octanol–water partition coefficient (Wildman–Crippen LogP) is 4.60. The fraction of sp³-hybridized carbons (Fsp3) is 0.435. The molecule has 9 heteroatoms. The first-order chi connectivity index (χ1) is 15.4. The minimum absolute atomic E-state index is 0.0574. The summed E-state index contributed by atoms with van der Waals surface area (Å²) in [5.41, 5.74) is 1.67. The molecule has 1 aliphatic heterocycles. The van der Waals surface area contributed by atoms with Gasteiger partial charge in [-0.3, -0.25) is 14.2 Å². The normalized spacial score (nSPS) is 13.7. The van der Waals surface area contributed by atoms with Crippen molar-refractivity contribution in [3.63, 3.8) is 0 Å². The van der Waals surface area contributed by atoms with Crippen LogP contribution in [-0.2, 0) is 29.0 Å². The van der Waals surface area contributed by atoms with E-state index in [0.29, 0.717) is 47.2 Å². The van der Waals surface area contributed by atoms with Crippen LogP contribution < -0.4 is 5.56 Å². The van der Waals surface area contributed by atoms with Crippen LogP contribution in [0.5, 0.6) is 0 Å². The Labute approximate surface area is 200 Å². The summed E-state index contributed by atoms with van der Waals surface area (Å²) >= 11 is 9.19. The molecule has 0 aliphatic carbocycles. The van der Waals surface area contributed by atoms with Crippen molar-refractivity contribution in [1.82, 2.24) is 14.5 Å². The lowest BCUT2D eigenvalue weighted by molar-refractivity contribution is -0.129. The van der Waals surface area contributed by atoms with Gasteiger partial charge in [0.1, 0.15) is 0 Å². The molecule has 2 aromatic heterocycles. The lowest BCUT2D eigenvalue weighted by Crippen LogP contribution is -2.36. The maximum atomic E-state index is 13.2. The third-order valence-electron chi connectivity index (χ3n) is 5.34. The Kier molecular flexibility index (Phi) is 7.55. The molecule has 1 aromatic carbocycles. The number of halogens is 1. The van der Waals surface area contributed by atoms with Crippen LogP contribution in [0, 0.1) is 0 Å². The highest BCUT2D eigenvalue weighted by Gasteiger charge is 2.22. The van der Waals surface area contributed by atoms with Gasteiger partial charge in [0.25, 0.3) is 5.56 Å². The van der Waals surface area contributed by atoms with E-state index in [0.717, 1.165) is 13.0 Å². The minimum atomic E-state index is -0.118. The second kappa shape index (κ2) is 10.4. The molecule has 170 valence electrons. The molecule has 0 N–H and O–H groups in total. The number of nitrogens with zero attached hydrogens (tertiary/aromatic N) is 3. The summed E-state index contributed by atoms with van der Waals surface area (Å²) in [6.07, 6.45) is 1.73. The van der Waals surface area contributed by atoms with Gasteiger partial charge in [-0.05, 0) is 61.9 Å². The number of carbonyl (C=O) groups is 1. The summed E-state index contributed by atoms with van der Waals surface area (Å²) in [5, 5.41) is 3.67. The highest BCUT2D eigenvalue weighted by molar-refractivity contribution is 7.99. The van der Waals surface area contributed by atoms with Crippen molar-refractivity contribution in [2.24, 2.45) is 0 Å². The third-order valence-corrected chi connectivity index (χ3v) is 7.56. The number of carbonyl (C=O) groups excluding carboxylic acids is 1. The van der Waals surface area contributed by atoms with E-state index in [1.54, 1.807) is 34.1 Å². The van der Waals surface area contributed by atoms with E-state index >= 15 is 0 Å². The molecule has 0 saturated heterocycles. The lowest BCUT2D eigenvalue weighted by Gasteiger charge is -2.27. The van der Waals surface area contributed by atoms with Crippen molar-refractivity contribution in [3.8, 4) is 0 Å². The monoisotopic (exact) mass is 491 g/mol. The van der Waals surface area contributed by atoms with Crippen LogP contribution in [0.3, 0.4) is 0 Å². The standard InChI is InChI=1S/C23H26ClN3O3S2/c1-15(2)30-10-3-8-27-22(29)18-5-4-17(24)12-19(18)25-23(27)32-14-21(28)26-9-6-20-16(13-26)7-11-31-20/h4-5,7,11-12,15H,3,6,8-10,13-14H2,1-2H3. The van der Waals surface area contributed by atoms with Gasteiger partial charge in [-0.2, -0.15) is 0 Å². The van der Waals surface area contributed by atoms with Gasteiger partial charge in [0.05, 0.1) is 22.8 Å². The first-order valence-corrected chi connectivity index (χ1v) is 12.9. The summed E-state index contributed by atoms with van der Waals surface area (Å²) in [5.74, 6) is 0.294. The number of thiophene rings is 1. The van der Waals surface area contributed by atoms with Crippen LogP contribution in [0.2, 0.25) is 5.02 Å². The Bertz CT molecular complexity index is 1170. The Balaban J connectivity index is 1.52. The number of ether oxygens (including phenoxy) is 1. The summed E-state index contributed by atoms with van der Waals surface area (Å²) in [7, 11) is 0. The molecule has 0 radical (unpaired) electrons. The molecule has 4 rings (SSSR count). The van der Waals surface area contributed by atoms with Crippen LogP contribution in [-0.4, -0.2) is 45.4 Å². The highest BCUT2D eigenvalue weighted by atomic mass is 35.5. The molecule has 3 aromatic rings. The van der Waals surface area contributed by atoms with Crippen molar-refractivity contribution >= 4 is 51.5 Å². The Morgan fingerprint density at radius 1 is 1.34 bits per heavy atom. The third kappa shape index (κ3) is 5.36. The van der Waals surface area contributed by atoms with E-state index < -0.39 is 0 Å². The van der Waals surface area contributed by atoms with Crippen molar-refractivity contribution in [1.29, 1.82) is 0 Å². The summed E-state index contributed by atoms with van der Waals surface area (Å²) < 4.78 is 7.28. The first kappa shape index (κ1) is 23.3. The van der Waals surface area contributed by atoms with Crippen LogP contribution in [0.25, 0.3) is 10.9 Å². The fourth-order valence-corrected chi connectivity index (χ4v) is 5.69. The van der Waals surface area contributed by atoms with Gasteiger partial charge in [-0.1, -0.05) is 23.4 Å². The Hall–Kier alpha value is -1.87. The molecule has 1 amide bonds. The van der Waals surface area contributed by atoms with E-state index in [2.05, 4.69) is 16.4 Å². The van der Waals surface area contributed by atoms with Crippen molar-refractivity contribution in [2.45, 2.75) is 51.0 Å². The summed E-state index contributed by atoms with van der Waals surface area (Å²) in [6, 6.07) is 7.20. The average Bonchev–Trinajstić information content (AvgIpc) is 3.24. The zero-order chi connectivity index (χ0) is 22.7. The number of thioether (sulfide) groups is 1. The van der Waals surface area contributed by atoms with E-state index in [-0.39, 0.29) is 23.3 Å². The number of hydrogen-bond donors (Lipinski definition) is 0. The lowest BCUT2D eigenvalue weighted by atomic mass is 10.1. The van der Waals surface area contributed by atoms with Gasteiger partial charge in [0.2, 0.25) is 5.91 Å². The smallest absolute Gasteiger partial charge is 0.262 e. The van der Waals surface area contributed by atoms with E-state index in [9.17, 15) is 9.59 Å². The first-order valence-electron chi connectivity index (χ1n) is 10.7. The molecule has 0 fully saturated rings. The molecule has 0 unspecified atom stereocenters. The largest absolute Gasteiger partial charge is 0.379 e. The number of fused-ring (bicyclic) bond motifs is 2. The Morgan fingerprint density at radius 3 is 3.00 bits per heavy atom. The van der Waals surface area contributed by atoms with Crippen LogP contribution >= 0.6 is 34.7 Å². The van der Waals surface area contributed by atoms with Gasteiger partial charge < -0.3 is 9.64 Å². The maximum Gasteiger partial charge on any atom is 0.262 e. The van der Waals surface area contributed by atoms with E-state index in [4.69, 9.17) is 16.3 Å². The molecule has 0 bridgehead atoms. The fourth-order valence-electron chi connectivity index (χ4n) is 3.70. The molecule has 1 aliphatic rings. The molecule has 32 heavy (non-hydrogen) atoms. The number of benzene rings is 1. The molecule has 0 saturated carbocycles. The SMILES string of the molecule is CC(C)OCCCn1c(SCC(=O)N2CCc3sccc3C2)nc2cc(Cl)ccc2c1=O. The number of rotatable bonds is 8. The van der Waals surface area contributed by atoms with Crippen molar-refractivity contribution in [3.05, 3.63) is 55.5 Å². The van der Waals surface area contributed by atoms with Gasteiger partial charge in [-0.25, -0.2) is 4.98 Å². The quantitative estimate of drug-likeness (QED) is 0.262. The van der Waals surface area contributed by atoms with Gasteiger partial charge in [0.15, 0.2) is 5.16 Å². The highest BCUT2D eigenvalue weighted by Crippen LogP contribution is 2.26. The maximum absolute atomic E-state index is 13.2. The molecular weight excluding hydrogens is 466 g/mol. The van der Waals surface area contributed by atoms with Crippen molar-refractivity contribution < 1.29 is 9.53 Å². The number of aromatic nitrogens is 2. The number of hydrogen-bond acceptors (Lipinski definition) is 6. The Morgan fingerprint density at radius 2 is 2.19 bits per heavy atom. The van der Waals surface area contributed by atoms with Crippen LogP contribution in [0.1, 0.15) is 30.7 Å². The minimum Gasteiger partial charge on any atom is -0.379 e. The molecule has 0 atom stereocenters. The van der Waals surface area contributed by atoms with E-state index in [1.165, 1.54) is 22.2 Å². The second-order valence-corrected chi connectivity index (χ2v) is 10.4. The molecule has 6 nitrogen and oxygen atoms in total. The van der Waals surface area contributed by atoms with Crippen LogP contribution in [0.15, 0.2) is 39.6 Å².